The molecule has 0 spiro atoms. The van der Waals surface area contributed by atoms with Crippen molar-refractivity contribution in [1.29, 1.82) is 0 Å². The molecule has 2 aromatic carbocycles. The van der Waals surface area contributed by atoms with Crippen LogP contribution in [0.15, 0.2) is 51.5 Å². The van der Waals surface area contributed by atoms with Gasteiger partial charge in [0.15, 0.2) is 11.5 Å². The molecule has 1 aliphatic carbocycles. The second-order valence-corrected chi connectivity index (χ2v) is 9.20. The third-order valence-electron chi connectivity index (χ3n) is 5.48. The van der Waals surface area contributed by atoms with Crippen LogP contribution in [0.2, 0.25) is 5.02 Å². The van der Waals surface area contributed by atoms with Crippen molar-refractivity contribution in [3.63, 3.8) is 0 Å². The number of methoxy groups -OCH3 is 1. The Balaban J connectivity index is 1.60. The van der Waals surface area contributed by atoms with Gasteiger partial charge in [0, 0.05) is 16.3 Å². The first-order valence-corrected chi connectivity index (χ1v) is 12.2. The molecule has 0 amide bonds. The van der Waals surface area contributed by atoms with Gasteiger partial charge in [-0.05, 0) is 68.5 Å². The van der Waals surface area contributed by atoms with Crippen LogP contribution in [0, 0.1) is 12.7 Å². The first-order chi connectivity index (χ1) is 16.5. The van der Waals surface area contributed by atoms with Crippen molar-refractivity contribution in [2.24, 2.45) is 5.10 Å². The number of benzene rings is 2. The third-order valence-corrected chi connectivity index (χ3v) is 6.78. The first kappa shape index (κ1) is 24.2. The topological polar surface area (TPSA) is 78.6 Å². The third kappa shape index (κ3) is 5.59. The van der Waals surface area contributed by atoms with Crippen molar-refractivity contribution in [1.82, 2.24) is 14.9 Å². The molecule has 34 heavy (non-hydrogen) atoms. The molecule has 0 atom stereocenters. The predicted octanol–water partition coefficient (Wildman–Crippen LogP) is 5.24. The first-order valence-electron chi connectivity index (χ1n) is 10.9. The van der Waals surface area contributed by atoms with Gasteiger partial charge in [-0.1, -0.05) is 29.4 Å². The number of rotatable bonds is 8. The summed E-state index contributed by atoms with van der Waals surface area (Å²) < 4.78 is 26.9. The Labute approximate surface area is 206 Å². The maximum Gasteiger partial charge on any atom is 0.296 e. The standard InChI is InChI=1S/C24H24ClFN4O3S/c1-15-23(31)30(24(29-28-15)34-14-18-19(25)8-5-9-20(18)26)27-13-16-10-11-21(32-2)22(12-16)33-17-6-3-4-7-17/h5,8-13,17H,3-4,6-7,14H2,1-2H3/b27-13+. The van der Waals surface area contributed by atoms with Gasteiger partial charge in [0.25, 0.3) is 5.56 Å². The van der Waals surface area contributed by atoms with Crippen molar-refractivity contribution in [2.75, 3.05) is 7.11 Å². The summed E-state index contributed by atoms with van der Waals surface area (Å²) in [7, 11) is 1.60. The minimum Gasteiger partial charge on any atom is -0.493 e. The summed E-state index contributed by atoms with van der Waals surface area (Å²) in [6.45, 7) is 1.56. The van der Waals surface area contributed by atoms with Crippen LogP contribution in [-0.4, -0.2) is 34.3 Å². The molecule has 0 unspecified atom stereocenters. The molecule has 178 valence electrons. The normalized spacial score (nSPS) is 14.1. The number of hydrogen-bond donors (Lipinski definition) is 0. The van der Waals surface area contributed by atoms with E-state index < -0.39 is 11.4 Å². The Hall–Kier alpha value is -2.91. The Morgan fingerprint density at radius 2 is 2.03 bits per heavy atom. The second-order valence-electron chi connectivity index (χ2n) is 7.85. The number of aryl methyl sites for hydroxylation is 1. The summed E-state index contributed by atoms with van der Waals surface area (Å²) in [5.74, 6) is 1.02. The van der Waals surface area contributed by atoms with Crippen molar-refractivity contribution in [3.05, 3.63) is 74.4 Å². The smallest absolute Gasteiger partial charge is 0.296 e. The molecule has 0 N–H and O–H groups in total. The Kier molecular flexibility index (Phi) is 7.84. The fourth-order valence-electron chi connectivity index (χ4n) is 3.62. The lowest BCUT2D eigenvalue weighted by Crippen LogP contribution is -2.23. The molecule has 1 fully saturated rings. The number of aromatic nitrogens is 3. The van der Waals surface area contributed by atoms with Crippen LogP contribution in [-0.2, 0) is 5.75 Å². The maximum atomic E-state index is 14.2. The van der Waals surface area contributed by atoms with E-state index in [0.29, 0.717) is 22.1 Å². The fraction of sp³-hybridized carbons (Fsp3) is 0.333. The van der Waals surface area contributed by atoms with Gasteiger partial charge in [-0.15, -0.1) is 10.2 Å². The molecule has 0 radical (unpaired) electrons. The SMILES string of the molecule is COc1ccc(/C=N/n2c(SCc3c(F)cccc3Cl)nnc(C)c2=O)cc1OC1CCCC1. The van der Waals surface area contributed by atoms with Gasteiger partial charge in [-0.25, -0.2) is 4.39 Å². The lowest BCUT2D eigenvalue weighted by Gasteiger charge is -2.16. The lowest BCUT2D eigenvalue weighted by atomic mass is 10.2. The van der Waals surface area contributed by atoms with E-state index in [0.717, 1.165) is 47.7 Å². The highest BCUT2D eigenvalue weighted by atomic mass is 35.5. The molecule has 1 heterocycles. The van der Waals surface area contributed by atoms with Crippen LogP contribution in [0.5, 0.6) is 11.5 Å². The van der Waals surface area contributed by atoms with Gasteiger partial charge in [0.05, 0.1) is 19.4 Å². The predicted molar refractivity (Wildman–Crippen MR) is 131 cm³/mol. The van der Waals surface area contributed by atoms with Crippen LogP contribution in [0.3, 0.4) is 0 Å². The van der Waals surface area contributed by atoms with Gasteiger partial charge >= 0.3 is 0 Å². The molecule has 1 aromatic heterocycles. The van der Waals surface area contributed by atoms with Crippen LogP contribution in [0.25, 0.3) is 0 Å². The van der Waals surface area contributed by atoms with Crippen molar-refractivity contribution in [3.8, 4) is 11.5 Å². The Bertz CT molecular complexity index is 1240. The highest BCUT2D eigenvalue weighted by Crippen LogP contribution is 2.32. The van der Waals surface area contributed by atoms with Crippen LogP contribution in [0.4, 0.5) is 4.39 Å². The molecule has 0 saturated heterocycles. The van der Waals surface area contributed by atoms with E-state index in [4.69, 9.17) is 21.1 Å². The second kappa shape index (κ2) is 11.0. The van der Waals surface area contributed by atoms with Crippen LogP contribution in [0.1, 0.15) is 42.5 Å². The fourth-order valence-corrected chi connectivity index (χ4v) is 4.84. The van der Waals surface area contributed by atoms with Crippen molar-refractivity contribution < 1.29 is 13.9 Å². The molecular weight excluding hydrogens is 479 g/mol. The van der Waals surface area contributed by atoms with Crippen LogP contribution < -0.4 is 15.0 Å². The average molecular weight is 503 g/mol. The number of nitrogens with zero attached hydrogens (tertiary/aromatic N) is 4. The molecule has 0 bridgehead atoms. The Morgan fingerprint density at radius 1 is 1.24 bits per heavy atom. The molecule has 1 saturated carbocycles. The number of halogens is 2. The number of hydrogen-bond acceptors (Lipinski definition) is 7. The zero-order chi connectivity index (χ0) is 24.1. The monoisotopic (exact) mass is 502 g/mol. The van der Waals surface area contributed by atoms with E-state index in [1.165, 1.54) is 12.1 Å². The Morgan fingerprint density at radius 3 is 2.76 bits per heavy atom. The minimum absolute atomic E-state index is 0.167. The van der Waals surface area contributed by atoms with E-state index in [2.05, 4.69) is 15.3 Å². The molecule has 4 rings (SSSR count). The summed E-state index contributed by atoms with van der Waals surface area (Å²) in [5, 5.41) is 12.9. The molecule has 1 aliphatic rings. The molecule has 10 heteroatoms. The van der Waals surface area contributed by atoms with Crippen molar-refractivity contribution in [2.45, 2.75) is 49.6 Å². The van der Waals surface area contributed by atoms with Gasteiger partial charge in [-0.2, -0.15) is 9.78 Å². The van der Waals surface area contributed by atoms with Crippen molar-refractivity contribution >= 4 is 29.6 Å². The molecule has 3 aromatic rings. The van der Waals surface area contributed by atoms with E-state index in [-0.39, 0.29) is 22.7 Å². The summed E-state index contributed by atoms with van der Waals surface area (Å²) in [4.78, 5) is 12.7. The highest BCUT2D eigenvalue weighted by Gasteiger charge is 2.19. The minimum atomic E-state index is -0.425. The van der Waals surface area contributed by atoms with Gasteiger partial charge in [0.1, 0.15) is 11.5 Å². The molecular formula is C24H24ClFN4O3S. The van der Waals surface area contributed by atoms with Gasteiger partial charge in [-0.3, -0.25) is 4.79 Å². The largest absolute Gasteiger partial charge is 0.493 e. The average Bonchev–Trinajstić information content (AvgIpc) is 3.34. The summed E-state index contributed by atoms with van der Waals surface area (Å²) in [6, 6.07) is 9.95. The highest BCUT2D eigenvalue weighted by molar-refractivity contribution is 7.98. The zero-order valence-electron chi connectivity index (χ0n) is 18.8. The van der Waals surface area contributed by atoms with Gasteiger partial charge < -0.3 is 9.47 Å². The lowest BCUT2D eigenvalue weighted by molar-refractivity contribution is 0.201. The number of ether oxygens (including phenoxy) is 2. The zero-order valence-corrected chi connectivity index (χ0v) is 20.4. The van der Waals surface area contributed by atoms with Gasteiger partial charge in [0.2, 0.25) is 5.16 Å². The quantitative estimate of drug-likeness (QED) is 0.309. The summed E-state index contributed by atoms with van der Waals surface area (Å²) >= 11 is 7.25. The maximum absolute atomic E-state index is 14.2. The van der Waals surface area contributed by atoms with E-state index in [1.807, 2.05) is 12.1 Å². The van der Waals surface area contributed by atoms with E-state index in [1.54, 1.807) is 32.4 Å². The molecule has 0 aliphatic heterocycles. The summed E-state index contributed by atoms with van der Waals surface area (Å²) in [5.41, 5.74) is 0.835. The van der Waals surface area contributed by atoms with E-state index in [9.17, 15) is 9.18 Å². The molecule has 7 nitrogen and oxygen atoms in total. The number of thioether (sulfide) groups is 1. The van der Waals surface area contributed by atoms with Crippen LogP contribution >= 0.6 is 23.4 Å². The van der Waals surface area contributed by atoms with E-state index >= 15 is 0 Å². The summed E-state index contributed by atoms with van der Waals surface area (Å²) in [6.07, 6.45) is 6.07.